The largest absolute Gasteiger partial charge is 0.503 e. The van der Waals surface area contributed by atoms with Gasteiger partial charge in [0.25, 0.3) is 0 Å². The van der Waals surface area contributed by atoms with E-state index in [-0.39, 0.29) is 11.7 Å². The predicted molar refractivity (Wildman–Crippen MR) is 86.8 cm³/mol. The molecule has 116 valence electrons. The average molecular weight is 299 g/mol. The minimum absolute atomic E-state index is 0.0239. The molecule has 0 aliphatic carbocycles. The summed E-state index contributed by atoms with van der Waals surface area (Å²) in [5, 5.41) is 12.4. The fraction of sp³-hybridized carbons (Fsp3) is 0.333. The standard InChI is InChI=1S/C18H22N2O2/c1-13-10-14(2)18(15(3)11-13)19-17(22)7-5-9-20-8-4-6-16(21)12-20/h4,6,8,10-12H,5,7,9H2,1-3H3,(H-,19,21,22)/p+1. The molecule has 0 bridgehead atoms. The first-order chi connectivity index (χ1) is 10.5. The van der Waals surface area contributed by atoms with E-state index in [2.05, 4.69) is 24.4 Å². The number of nitrogens with zero attached hydrogens (tertiary/aromatic N) is 1. The summed E-state index contributed by atoms with van der Waals surface area (Å²) in [6.07, 6.45) is 4.72. The van der Waals surface area contributed by atoms with Crippen molar-refractivity contribution < 1.29 is 14.5 Å². The Morgan fingerprint density at radius 2 is 1.91 bits per heavy atom. The lowest BCUT2D eigenvalue weighted by atomic mass is 10.0. The van der Waals surface area contributed by atoms with Gasteiger partial charge in [0.2, 0.25) is 12.1 Å². The van der Waals surface area contributed by atoms with Crippen molar-refractivity contribution in [2.24, 2.45) is 0 Å². The highest BCUT2D eigenvalue weighted by Gasteiger charge is 2.09. The predicted octanol–water partition coefficient (Wildman–Crippen LogP) is 3.02. The van der Waals surface area contributed by atoms with Crippen LogP contribution in [0.15, 0.2) is 36.7 Å². The summed E-state index contributed by atoms with van der Waals surface area (Å²) in [4.78, 5) is 12.1. The summed E-state index contributed by atoms with van der Waals surface area (Å²) in [6.45, 7) is 6.78. The van der Waals surface area contributed by atoms with Crippen LogP contribution in [-0.4, -0.2) is 11.0 Å². The van der Waals surface area contributed by atoms with Gasteiger partial charge in [-0.2, -0.15) is 0 Å². The molecule has 22 heavy (non-hydrogen) atoms. The molecule has 2 rings (SSSR count). The number of aromatic hydroxyl groups is 1. The Morgan fingerprint density at radius 3 is 2.55 bits per heavy atom. The van der Waals surface area contributed by atoms with Crippen LogP contribution in [0.4, 0.5) is 5.69 Å². The molecule has 4 heteroatoms. The second-order valence-corrected chi connectivity index (χ2v) is 5.73. The number of nitrogens with one attached hydrogen (secondary N) is 1. The maximum atomic E-state index is 12.1. The number of anilines is 1. The molecular weight excluding hydrogens is 276 g/mol. The fourth-order valence-corrected chi connectivity index (χ4v) is 2.65. The smallest absolute Gasteiger partial charge is 0.224 e. The molecule has 1 heterocycles. The lowest BCUT2D eigenvalue weighted by Gasteiger charge is -2.12. The molecule has 0 atom stereocenters. The van der Waals surface area contributed by atoms with E-state index in [1.54, 1.807) is 18.3 Å². The van der Waals surface area contributed by atoms with Gasteiger partial charge < -0.3 is 10.4 Å². The zero-order valence-electron chi connectivity index (χ0n) is 13.4. The normalized spacial score (nSPS) is 10.5. The summed E-state index contributed by atoms with van der Waals surface area (Å²) >= 11 is 0. The number of carbonyl (C=O) groups excluding carboxylic acids is 1. The van der Waals surface area contributed by atoms with Crippen molar-refractivity contribution in [3.63, 3.8) is 0 Å². The highest BCUT2D eigenvalue weighted by Crippen LogP contribution is 2.22. The highest BCUT2D eigenvalue weighted by molar-refractivity contribution is 5.92. The van der Waals surface area contributed by atoms with Crippen LogP contribution in [0.5, 0.6) is 5.75 Å². The van der Waals surface area contributed by atoms with Gasteiger partial charge >= 0.3 is 0 Å². The van der Waals surface area contributed by atoms with Gasteiger partial charge in [-0.15, -0.1) is 0 Å². The van der Waals surface area contributed by atoms with Crippen LogP contribution in [0.1, 0.15) is 29.5 Å². The van der Waals surface area contributed by atoms with Crippen molar-refractivity contribution in [2.75, 3.05) is 5.32 Å². The lowest BCUT2D eigenvalue weighted by Crippen LogP contribution is -2.32. The van der Waals surface area contributed by atoms with Crippen LogP contribution < -0.4 is 9.88 Å². The first-order valence-corrected chi connectivity index (χ1v) is 7.51. The summed E-state index contributed by atoms with van der Waals surface area (Å²) in [7, 11) is 0. The molecule has 2 aromatic rings. The van der Waals surface area contributed by atoms with E-state index >= 15 is 0 Å². The maximum absolute atomic E-state index is 12.1. The molecule has 0 aliphatic heterocycles. The van der Waals surface area contributed by atoms with E-state index in [0.717, 1.165) is 23.2 Å². The Labute approximate surface area is 131 Å². The molecule has 0 saturated heterocycles. The number of hydrogen-bond acceptors (Lipinski definition) is 2. The third kappa shape index (κ3) is 4.32. The summed E-state index contributed by atoms with van der Waals surface area (Å²) in [5.41, 5.74) is 4.30. The molecule has 1 amide bonds. The highest BCUT2D eigenvalue weighted by atomic mass is 16.3. The van der Waals surface area contributed by atoms with Crippen LogP contribution in [-0.2, 0) is 11.3 Å². The molecular formula is C18H23N2O2+. The quantitative estimate of drug-likeness (QED) is 0.834. The monoisotopic (exact) mass is 299 g/mol. The number of aromatic nitrogens is 1. The van der Waals surface area contributed by atoms with Gasteiger partial charge in [0.15, 0.2) is 11.9 Å². The van der Waals surface area contributed by atoms with Crippen LogP contribution in [0.25, 0.3) is 0 Å². The topological polar surface area (TPSA) is 53.2 Å². The molecule has 1 aromatic carbocycles. The number of hydrogen-bond donors (Lipinski definition) is 2. The van der Waals surface area contributed by atoms with Gasteiger partial charge in [-0.3, -0.25) is 4.79 Å². The summed E-state index contributed by atoms with van der Waals surface area (Å²) in [6, 6.07) is 7.57. The Hall–Kier alpha value is -2.36. The van der Waals surface area contributed by atoms with Crippen LogP contribution >= 0.6 is 0 Å². The number of amides is 1. The second-order valence-electron chi connectivity index (χ2n) is 5.73. The summed E-state index contributed by atoms with van der Waals surface area (Å²) in [5.74, 6) is 0.258. The van der Waals surface area contributed by atoms with Crippen LogP contribution in [0, 0.1) is 20.8 Å². The van der Waals surface area contributed by atoms with Crippen molar-refractivity contribution in [1.29, 1.82) is 0 Å². The molecule has 0 spiro atoms. The van der Waals surface area contributed by atoms with E-state index in [1.165, 1.54) is 5.56 Å². The van der Waals surface area contributed by atoms with Gasteiger partial charge in [0, 0.05) is 24.6 Å². The van der Waals surface area contributed by atoms with Gasteiger partial charge in [-0.05, 0) is 38.0 Å². The molecule has 0 aliphatic rings. The number of aryl methyl sites for hydroxylation is 4. The minimum atomic E-state index is 0.0239. The average Bonchev–Trinajstić information content (AvgIpc) is 2.43. The second kappa shape index (κ2) is 7.07. The SMILES string of the molecule is Cc1cc(C)c(NC(=O)CCC[n+]2cccc(O)c2)c(C)c1. The molecule has 1 aromatic heterocycles. The number of rotatable bonds is 5. The zero-order valence-corrected chi connectivity index (χ0v) is 13.4. The van der Waals surface area contributed by atoms with Crippen molar-refractivity contribution >= 4 is 11.6 Å². The Kier molecular flexibility index (Phi) is 5.15. The lowest BCUT2D eigenvalue weighted by molar-refractivity contribution is -0.697. The van der Waals surface area contributed by atoms with Gasteiger partial charge in [0.05, 0.1) is 0 Å². The van der Waals surface area contributed by atoms with Crippen LogP contribution in [0.3, 0.4) is 0 Å². The van der Waals surface area contributed by atoms with E-state index in [1.807, 2.05) is 24.6 Å². The number of pyridine rings is 1. The molecule has 0 saturated carbocycles. The number of benzene rings is 1. The molecule has 0 fully saturated rings. The maximum Gasteiger partial charge on any atom is 0.224 e. The van der Waals surface area contributed by atoms with Gasteiger partial charge in [-0.1, -0.05) is 17.7 Å². The fourth-order valence-electron chi connectivity index (χ4n) is 2.65. The Bertz CT molecular complexity index is 658. The third-order valence-electron chi connectivity index (χ3n) is 3.60. The Balaban J connectivity index is 1.89. The van der Waals surface area contributed by atoms with Crippen molar-refractivity contribution in [1.82, 2.24) is 0 Å². The van der Waals surface area contributed by atoms with Gasteiger partial charge in [0.1, 0.15) is 6.54 Å². The zero-order chi connectivity index (χ0) is 16.1. The van der Waals surface area contributed by atoms with Crippen molar-refractivity contribution in [2.45, 2.75) is 40.2 Å². The number of carbonyl (C=O) groups is 1. The van der Waals surface area contributed by atoms with Gasteiger partial charge in [-0.25, -0.2) is 4.57 Å². The van der Waals surface area contributed by atoms with E-state index in [0.29, 0.717) is 13.0 Å². The molecule has 0 radical (unpaired) electrons. The molecule has 4 nitrogen and oxygen atoms in total. The Morgan fingerprint density at radius 1 is 1.23 bits per heavy atom. The van der Waals surface area contributed by atoms with E-state index < -0.39 is 0 Å². The summed E-state index contributed by atoms with van der Waals surface area (Å²) < 4.78 is 1.88. The first kappa shape index (κ1) is 16.0. The van der Waals surface area contributed by atoms with Crippen LogP contribution in [0.2, 0.25) is 0 Å². The van der Waals surface area contributed by atoms with E-state index in [9.17, 15) is 9.90 Å². The van der Waals surface area contributed by atoms with E-state index in [4.69, 9.17) is 0 Å². The molecule has 0 unspecified atom stereocenters. The third-order valence-corrected chi connectivity index (χ3v) is 3.60. The first-order valence-electron chi connectivity index (χ1n) is 7.51. The van der Waals surface area contributed by atoms with Crippen molar-refractivity contribution in [3.8, 4) is 5.75 Å². The molecule has 2 N–H and O–H groups in total. The van der Waals surface area contributed by atoms with Crippen molar-refractivity contribution in [3.05, 3.63) is 53.3 Å². The minimum Gasteiger partial charge on any atom is -0.503 e.